The molecule has 0 unspecified atom stereocenters. The van der Waals surface area contributed by atoms with Crippen molar-refractivity contribution < 1.29 is 33.5 Å². The molecule has 2 heterocycles. The number of carbonyl (C=O) groups is 6. The van der Waals surface area contributed by atoms with Gasteiger partial charge in [0.25, 0.3) is 5.91 Å². The Balaban J connectivity index is 2.53. The molecular formula is C29H47N5O7. The fraction of sp³-hybridized carbons (Fsp3) is 0.724. The minimum Gasteiger partial charge on any atom is -0.452 e. The van der Waals surface area contributed by atoms with E-state index in [2.05, 4.69) is 17.2 Å². The van der Waals surface area contributed by atoms with Gasteiger partial charge in [-0.1, -0.05) is 40.2 Å². The number of cyclic esters (lactones) is 1. The molecule has 41 heavy (non-hydrogen) atoms. The summed E-state index contributed by atoms with van der Waals surface area (Å²) in [5.74, 6) is -3.58. The normalized spacial score (nSPS) is 28.8. The van der Waals surface area contributed by atoms with Gasteiger partial charge in [-0.15, -0.1) is 6.58 Å². The second-order valence-electron chi connectivity index (χ2n) is 11.4. The summed E-state index contributed by atoms with van der Waals surface area (Å²) in [7, 11) is 3.02. The van der Waals surface area contributed by atoms with Crippen LogP contribution >= 0.6 is 0 Å². The van der Waals surface area contributed by atoms with Crippen LogP contribution in [0.1, 0.15) is 66.7 Å². The van der Waals surface area contributed by atoms with Gasteiger partial charge in [-0.2, -0.15) is 0 Å². The third-order valence-electron chi connectivity index (χ3n) is 8.13. The minimum absolute atomic E-state index is 0.0566. The Hall–Kier alpha value is -3.44. The zero-order valence-corrected chi connectivity index (χ0v) is 25.5. The van der Waals surface area contributed by atoms with E-state index in [-0.39, 0.29) is 31.2 Å². The van der Waals surface area contributed by atoms with E-state index in [0.29, 0.717) is 25.8 Å². The molecule has 12 heteroatoms. The Morgan fingerprint density at radius 2 is 1.66 bits per heavy atom. The molecule has 0 aromatic rings. The smallest absolute Gasteiger partial charge is 0.308 e. The Morgan fingerprint density at radius 3 is 2.24 bits per heavy atom. The Morgan fingerprint density at radius 1 is 1.00 bits per heavy atom. The summed E-state index contributed by atoms with van der Waals surface area (Å²) in [6, 6.07) is -3.57. The van der Waals surface area contributed by atoms with Gasteiger partial charge in [0.1, 0.15) is 24.2 Å². The molecule has 6 atom stereocenters. The van der Waals surface area contributed by atoms with E-state index < -0.39 is 65.8 Å². The van der Waals surface area contributed by atoms with E-state index in [9.17, 15) is 28.8 Å². The highest BCUT2D eigenvalue weighted by Gasteiger charge is 2.42. The lowest BCUT2D eigenvalue weighted by molar-refractivity contribution is -0.161. The van der Waals surface area contributed by atoms with Crippen LogP contribution in [0.3, 0.4) is 0 Å². The summed E-state index contributed by atoms with van der Waals surface area (Å²) in [6.45, 7) is 12.8. The van der Waals surface area contributed by atoms with Crippen molar-refractivity contribution in [2.45, 2.75) is 97.0 Å². The highest BCUT2D eigenvalue weighted by Crippen LogP contribution is 2.23. The van der Waals surface area contributed by atoms with Gasteiger partial charge in [0.2, 0.25) is 23.6 Å². The third-order valence-corrected chi connectivity index (χ3v) is 8.13. The van der Waals surface area contributed by atoms with Crippen LogP contribution in [-0.2, 0) is 33.5 Å². The first-order chi connectivity index (χ1) is 19.3. The molecule has 2 aliphatic heterocycles. The maximum absolute atomic E-state index is 13.9. The number of hydrogen-bond acceptors (Lipinski definition) is 7. The van der Waals surface area contributed by atoms with Gasteiger partial charge in [-0.05, 0) is 31.6 Å². The van der Waals surface area contributed by atoms with E-state index in [1.807, 2.05) is 27.7 Å². The molecule has 2 saturated heterocycles. The SMILES string of the molecule is C=CC[C@@H]1OC(=O)CCNC(=O)[C@H](C)N(C)C(=O)[C@H](C(C)C)N(C)C(=O)[C@H]([C@@H](C)CC)NC(=O)[C@@H]2CCCN2C1=O. The third kappa shape index (κ3) is 8.07. The maximum Gasteiger partial charge on any atom is 0.308 e. The molecule has 230 valence electrons. The molecule has 2 aliphatic rings. The first-order valence-corrected chi connectivity index (χ1v) is 14.5. The Labute approximate surface area is 243 Å². The van der Waals surface area contributed by atoms with Crippen LogP contribution in [0.25, 0.3) is 0 Å². The second kappa shape index (κ2) is 15.0. The Bertz CT molecular complexity index is 1020. The molecular weight excluding hydrogens is 530 g/mol. The number of rotatable bonds is 5. The molecule has 12 nitrogen and oxygen atoms in total. The van der Waals surface area contributed by atoms with Crippen molar-refractivity contribution in [2.75, 3.05) is 27.2 Å². The number of likely N-dealkylation sites (N-methyl/N-ethyl adjacent to an activating group) is 2. The average molecular weight is 578 g/mol. The molecule has 0 radical (unpaired) electrons. The van der Waals surface area contributed by atoms with Gasteiger partial charge in [0.05, 0.1) is 6.42 Å². The number of carbonyl (C=O) groups excluding carboxylic acids is 6. The predicted molar refractivity (Wildman–Crippen MR) is 152 cm³/mol. The average Bonchev–Trinajstić information content (AvgIpc) is 3.43. The number of nitrogens with zero attached hydrogens (tertiary/aromatic N) is 3. The first-order valence-electron chi connectivity index (χ1n) is 14.5. The molecule has 0 bridgehead atoms. The summed E-state index contributed by atoms with van der Waals surface area (Å²) in [5, 5.41) is 5.51. The van der Waals surface area contributed by atoms with Gasteiger partial charge in [0, 0.05) is 33.6 Å². The minimum atomic E-state index is -1.17. The fourth-order valence-electron chi connectivity index (χ4n) is 5.25. The summed E-state index contributed by atoms with van der Waals surface area (Å²) in [6.07, 6.45) is 1.70. The van der Waals surface area contributed by atoms with E-state index >= 15 is 0 Å². The highest BCUT2D eigenvalue weighted by atomic mass is 16.5. The highest BCUT2D eigenvalue weighted by molar-refractivity contribution is 5.96. The molecule has 2 fully saturated rings. The van der Waals surface area contributed by atoms with Crippen LogP contribution in [0.4, 0.5) is 0 Å². The van der Waals surface area contributed by atoms with E-state index in [1.54, 1.807) is 6.92 Å². The number of ether oxygens (including phenoxy) is 1. The first kappa shape index (κ1) is 33.8. The molecule has 2 rings (SSSR count). The molecule has 0 saturated carbocycles. The molecule has 0 aromatic heterocycles. The molecule has 0 aromatic carbocycles. The van der Waals surface area contributed by atoms with Crippen molar-refractivity contribution in [2.24, 2.45) is 11.8 Å². The number of esters is 1. The molecule has 0 spiro atoms. The number of fused-ring (bicyclic) bond motifs is 1. The lowest BCUT2D eigenvalue weighted by atomic mass is 9.94. The van der Waals surface area contributed by atoms with E-state index in [4.69, 9.17) is 4.74 Å². The van der Waals surface area contributed by atoms with Gasteiger partial charge < -0.3 is 30.1 Å². The molecule has 0 aliphatic carbocycles. The van der Waals surface area contributed by atoms with Crippen LogP contribution in [0.15, 0.2) is 12.7 Å². The van der Waals surface area contributed by atoms with Gasteiger partial charge in [-0.25, -0.2) is 0 Å². The van der Waals surface area contributed by atoms with Crippen molar-refractivity contribution in [1.82, 2.24) is 25.3 Å². The zero-order valence-electron chi connectivity index (χ0n) is 25.5. The quantitative estimate of drug-likeness (QED) is 0.364. The fourth-order valence-corrected chi connectivity index (χ4v) is 5.25. The van der Waals surface area contributed by atoms with Crippen molar-refractivity contribution in [1.29, 1.82) is 0 Å². The van der Waals surface area contributed by atoms with Crippen molar-refractivity contribution in [3.63, 3.8) is 0 Å². The monoisotopic (exact) mass is 577 g/mol. The summed E-state index contributed by atoms with van der Waals surface area (Å²) in [5.41, 5.74) is 0. The standard InChI is InChI=1S/C29H47N5O7/c1-9-12-21-27(38)34-16-11-13-20(34)26(37)31-23(18(5)10-2)28(39)33(8)24(17(3)4)29(40)32(7)19(6)25(36)30-15-14-22(35)41-21/h9,17-21,23-24H,1,10-16H2,2-8H3,(H,30,36)(H,31,37)/t18-,19-,20-,21-,23-,24-/m0/s1. The van der Waals surface area contributed by atoms with Crippen molar-refractivity contribution in [3.8, 4) is 0 Å². The predicted octanol–water partition coefficient (Wildman–Crippen LogP) is 0.846. The second-order valence-corrected chi connectivity index (χ2v) is 11.4. The number of hydrogen-bond donors (Lipinski definition) is 2. The van der Waals surface area contributed by atoms with Crippen LogP contribution < -0.4 is 10.6 Å². The van der Waals surface area contributed by atoms with Gasteiger partial charge >= 0.3 is 5.97 Å². The molecule has 5 amide bonds. The number of amides is 5. The van der Waals surface area contributed by atoms with E-state index in [1.165, 1.54) is 34.9 Å². The van der Waals surface area contributed by atoms with Crippen molar-refractivity contribution >= 4 is 35.5 Å². The summed E-state index contributed by atoms with van der Waals surface area (Å²) < 4.78 is 5.45. The number of nitrogens with one attached hydrogen (secondary N) is 2. The maximum atomic E-state index is 13.9. The van der Waals surface area contributed by atoms with E-state index in [0.717, 1.165) is 0 Å². The van der Waals surface area contributed by atoms with Crippen LogP contribution in [-0.4, -0.2) is 108 Å². The van der Waals surface area contributed by atoms with Crippen LogP contribution in [0.2, 0.25) is 0 Å². The summed E-state index contributed by atoms with van der Waals surface area (Å²) in [4.78, 5) is 84.0. The van der Waals surface area contributed by atoms with Crippen LogP contribution in [0.5, 0.6) is 0 Å². The molecule has 2 N–H and O–H groups in total. The Kier molecular flexibility index (Phi) is 12.3. The lowest BCUT2D eigenvalue weighted by Gasteiger charge is -2.38. The van der Waals surface area contributed by atoms with Crippen LogP contribution in [0, 0.1) is 11.8 Å². The van der Waals surface area contributed by atoms with Gasteiger partial charge in [0.15, 0.2) is 6.10 Å². The summed E-state index contributed by atoms with van der Waals surface area (Å²) >= 11 is 0. The zero-order chi connectivity index (χ0) is 31.0. The van der Waals surface area contributed by atoms with Crippen molar-refractivity contribution in [3.05, 3.63) is 12.7 Å². The van der Waals surface area contributed by atoms with Gasteiger partial charge in [-0.3, -0.25) is 28.8 Å². The lowest BCUT2D eigenvalue weighted by Crippen LogP contribution is -2.60. The topological polar surface area (TPSA) is 145 Å². The largest absolute Gasteiger partial charge is 0.452 e.